The van der Waals surface area contributed by atoms with E-state index in [9.17, 15) is 9.90 Å². The van der Waals surface area contributed by atoms with E-state index in [1.165, 1.54) is 22.9 Å². The Balaban J connectivity index is 1.46. The second-order valence-corrected chi connectivity index (χ2v) is 8.58. The average Bonchev–Trinajstić information content (AvgIpc) is 3.00. The van der Waals surface area contributed by atoms with E-state index in [0.717, 1.165) is 22.6 Å². The number of hydrogen-bond donors (Lipinski definition) is 2. The minimum atomic E-state index is -0.973. The number of ether oxygens (including phenoxy) is 1. The molecule has 5 rings (SSSR count). The van der Waals surface area contributed by atoms with E-state index in [4.69, 9.17) is 4.74 Å². The van der Waals surface area contributed by atoms with E-state index in [-0.39, 0.29) is 5.56 Å². The molecule has 7 nitrogen and oxygen atoms in total. The number of rotatable bonds is 5. The van der Waals surface area contributed by atoms with Crippen LogP contribution in [0.5, 0.6) is 5.88 Å². The lowest BCUT2D eigenvalue weighted by molar-refractivity contribution is 0.0696. The molecule has 0 spiro atoms. The Morgan fingerprint density at radius 1 is 1.03 bits per heavy atom. The summed E-state index contributed by atoms with van der Waals surface area (Å²) in [6.45, 7) is 2.06. The van der Waals surface area contributed by atoms with Crippen molar-refractivity contribution in [2.24, 2.45) is 0 Å². The van der Waals surface area contributed by atoms with Crippen molar-refractivity contribution >= 4 is 23.4 Å². The van der Waals surface area contributed by atoms with Crippen LogP contribution in [0.3, 0.4) is 0 Å². The summed E-state index contributed by atoms with van der Waals surface area (Å²) in [4.78, 5) is 15.9. The van der Waals surface area contributed by atoms with Crippen LogP contribution >= 0.6 is 11.8 Å². The molecular weight excluding hydrogens is 436 g/mol. The number of carboxylic acids is 1. The molecule has 1 atom stereocenters. The van der Waals surface area contributed by atoms with Gasteiger partial charge < -0.3 is 15.2 Å². The Hall–Kier alpha value is -3.91. The third kappa shape index (κ3) is 4.51. The highest BCUT2D eigenvalue weighted by Crippen LogP contribution is 2.39. The molecule has 2 N–H and O–H groups in total. The molecule has 0 bridgehead atoms. The fourth-order valence-electron chi connectivity index (χ4n) is 3.49. The average molecular weight is 457 g/mol. The van der Waals surface area contributed by atoms with Crippen LogP contribution < -0.4 is 10.1 Å². The summed E-state index contributed by atoms with van der Waals surface area (Å²) in [6.07, 6.45) is -0.568. The van der Waals surface area contributed by atoms with Crippen molar-refractivity contribution in [2.45, 2.75) is 24.1 Å². The maximum atomic E-state index is 11.2. The lowest BCUT2D eigenvalue weighted by Gasteiger charge is -2.19. The molecule has 3 aromatic carbocycles. The lowest BCUT2D eigenvalue weighted by atomic mass is 10.1. The SMILES string of the molecule is Cc1ccc(CSc2nnc3c(n2)O[C@H](c2ccc(C(=O)O)cc2)Nc2ccccc2-3)cc1. The fraction of sp³-hybridized carbons (Fsp3) is 0.120. The second kappa shape index (κ2) is 8.91. The quantitative estimate of drug-likeness (QED) is 0.389. The zero-order chi connectivity index (χ0) is 22.8. The van der Waals surface area contributed by atoms with Gasteiger partial charge in [-0.25, -0.2) is 4.79 Å². The van der Waals surface area contributed by atoms with Crippen LogP contribution in [0, 0.1) is 6.92 Å². The number of carboxylic acid groups (broad SMARTS) is 1. The Bertz CT molecular complexity index is 1310. The van der Waals surface area contributed by atoms with Gasteiger partial charge in [0.2, 0.25) is 11.0 Å². The molecule has 0 amide bonds. The van der Waals surface area contributed by atoms with Gasteiger partial charge in [0, 0.05) is 22.6 Å². The van der Waals surface area contributed by atoms with Gasteiger partial charge in [-0.15, -0.1) is 10.2 Å². The van der Waals surface area contributed by atoms with Gasteiger partial charge >= 0.3 is 5.97 Å². The molecule has 0 saturated carbocycles. The first-order chi connectivity index (χ1) is 16.1. The highest BCUT2D eigenvalue weighted by Gasteiger charge is 2.26. The summed E-state index contributed by atoms with van der Waals surface area (Å²) < 4.78 is 6.25. The van der Waals surface area contributed by atoms with Crippen LogP contribution in [-0.4, -0.2) is 26.3 Å². The normalized spacial score (nSPS) is 14.3. The molecule has 1 aromatic heterocycles. The molecule has 1 aliphatic heterocycles. The molecule has 0 aliphatic carbocycles. The van der Waals surface area contributed by atoms with Crippen LogP contribution in [0.4, 0.5) is 5.69 Å². The van der Waals surface area contributed by atoms with Crippen molar-refractivity contribution in [1.29, 1.82) is 0 Å². The number of aryl methyl sites for hydroxylation is 1. The third-order valence-electron chi connectivity index (χ3n) is 5.28. The highest BCUT2D eigenvalue weighted by molar-refractivity contribution is 7.98. The number of hydrogen-bond acceptors (Lipinski definition) is 7. The van der Waals surface area contributed by atoms with E-state index in [0.29, 0.717) is 16.7 Å². The largest absolute Gasteiger partial charge is 0.478 e. The molecule has 8 heteroatoms. The van der Waals surface area contributed by atoms with E-state index in [2.05, 4.69) is 51.7 Å². The first-order valence-electron chi connectivity index (χ1n) is 10.4. The molecule has 0 saturated heterocycles. The van der Waals surface area contributed by atoms with E-state index >= 15 is 0 Å². The molecule has 2 heterocycles. The van der Waals surface area contributed by atoms with Gasteiger partial charge in [0.1, 0.15) is 0 Å². The number of benzene rings is 3. The van der Waals surface area contributed by atoms with Crippen molar-refractivity contribution in [3.05, 3.63) is 95.1 Å². The molecule has 0 unspecified atom stereocenters. The van der Waals surface area contributed by atoms with Crippen LogP contribution in [0.1, 0.15) is 33.3 Å². The number of fused-ring (bicyclic) bond motifs is 3. The first-order valence-corrected chi connectivity index (χ1v) is 11.3. The molecular formula is C25H20N4O3S. The van der Waals surface area contributed by atoms with Gasteiger partial charge in [-0.3, -0.25) is 0 Å². The van der Waals surface area contributed by atoms with E-state index < -0.39 is 12.2 Å². The summed E-state index contributed by atoms with van der Waals surface area (Å²) in [6, 6.07) is 22.7. The zero-order valence-electron chi connectivity index (χ0n) is 17.7. The Morgan fingerprint density at radius 3 is 2.55 bits per heavy atom. The number of carbonyl (C=O) groups is 1. The van der Waals surface area contributed by atoms with Crippen molar-refractivity contribution in [1.82, 2.24) is 15.2 Å². The van der Waals surface area contributed by atoms with Gasteiger partial charge in [0.05, 0.1) is 5.56 Å². The number of para-hydroxylation sites is 1. The van der Waals surface area contributed by atoms with E-state index in [1.807, 2.05) is 24.3 Å². The molecule has 33 heavy (non-hydrogen) atoms. The van der Waals surface area contributed by atoms with Crippen molar-refractivity contribution < 1.29 is 14.6 Å². The maximum absolute atomic E-state index is 11.2. The smallest absolute Gasteiger partial charge is 0.335 e. The molecule has 4 aromatic rings. The van der Waals surface area contributed by atoms with Crippen molar-refractivity contribution in [3.8, 4) is 17.1 Å². The summed E-state index contributed by atoms with van der Waals surface area (Å²) >= 11 is 1.49. The van der Waals surface area contributed by atoms with Crippen LogP contribution in [0.15, 0.2) is 78.0 Å². The van der Waals surface area contributed by atoms with Crippen LogP contribution in [0.25, 0.3) is 11.3 Å². The standard InChI is InChI=1S/C25H20N4O3S/c1-15-6-8-16(9-7-15)14-33-25-27-23-21(28-29-25)19-4-2-3-5-20(19)26-22(32-23)17-10-12-18(13-11-17)24(30)31/h2-13,22,26H,14H2,1H3,(H,30,31)/t22-/m1/s1. The number of nitrogens with zero attached hydrogens (tertiary/aromatic N) is 3. The second-order valence-electron chi connectivity index (χ2n) is 7.64. The number of aromatic carboxylic acids is 1. The monoisotopic (exact) mass is 456 g/mol. The predicted molar refractivity (Wildman–Crippen MR) is 126 cm³/mol. The molecule has 1 aliphatic rings. The number of aromatic nitrogens is 3. The Morgan fingerprint density at radius 2 is 1.79 bits per heavy atom. The molecule has 0 radical (unpaired) electrons. The van der Waals surface area contributed by atoms with Gasteiger partial charge in [-0.1, -0.05) is 71.9 Å². The van der Waals surface area contributed by atoms with Crippen LogP contribution in [-0.2, 0) is 5.75 Å². The number of thioether (sulfide) groups is 1. The van der Waals surface area contributed by atoms with Gasteiger partial charge in [-0.05, 0) is 30.7 Å². The van der Waals surface area contributed by atoms with E-state index in [1.54, 1.807) is 24.3 Å². The molecule has 164 valence electrons. The van der Waals surface area contributed by atoms with Crippen LogP contribution in [0.2, 0.25) is 0 Å². The summed E-state index contributed by atoms with van der Waals surface area (Å²) in [7, 11) is 0. The predicted octanol–water partition coefficient (Wildman–Crippen LogP) is 5.34. The third-order valence-corrected chi connectivity index (χ3v) is 6.19. The van der Waals surface area contributed by atoms with Crippen molar-refractivity contribution in [2.75, 3.05) is 5.32 Å². The minimum Gasteiger partial charge on any atom is -0.478 e. The minimum absolute atomic E-state index is 0.215. The maximum Gasteiger partial charge on any atom is 0.335 e. The first kappa shape index (κ1) is 21.0. The number of nitrogens with one attached hydrogen (secondary N) is 1. The highest BCUT2D eigenvalue weighted by atomic mass is 32.2. The molecule has 0 fully saturated rings. The van der Waals surface area contributed by atoms with Gasteiger partial charge in [0.15, 0.2) is 11.9 Å². The number of anilines is 1. The zero-order valence-corrected chi connectivity index (χ0v) is 18.5. The topological polar surface area (TPSA) is 97.2 Å². The summed E-state index contributed by atoms with van der Waals surface area (Å²) in [5, 5.41) is 21.8. The summed E-state index contributed by atoms with van der Waals surface area (Å²) in [5.41, 5.74) is 5.61. The summed E-state index contributed by atoms with van der Waals surface area (Å²) in [5.74, 6) is 0.121. The van der Waals surface area contributed by atoms with Gasteiger partial charge in [0.25, 0.3) is 0 Å². The lowest BCUT2D eigenvalue weighted by Crippen LogP contribution is -2.17. The fourth-order valence-corrected chi connectivity index (χ4v) is 4.23. The van der Waals surface area contributed by atoms with Gasteiger partial charge in [-0.2, -0.15) is 4.98 Å². The Kier molecular flexibility index (Phi) is 5.66. The Labute approximate surface area is 194 Å². The van der Waals surface area contributed by atoms with Crippen molar-refractivity contribution in [3.63, 3.8) is 0 Å².